The third-order valence-electron chi connectivity index (χ3n) is 4.49. The number of hydrogen-bond acceptors (Lipinski definition) is 2. The van der Waals surface area contributed by atoms with E-state index in [1.807, 2.05) is 0 Å². The fourth-order valence-corrected chi connectivity index (χ4v) is 3.44. The van der Waals surface area contributed by atoms with Crippen LogP contribution in [0.4, 0.5) is 0 Å². The van der Waals surface area contributed by atoms with Crippen LogP contribution in [0.2, 0.25) is 0 Å². The highest BCUT2D eigenvalue weighted by Gasteiger charge is 2.25. The quantitative estimate of drug-likeness (QED) is 0.778. The number of likely N-dealkylation sites (N-methyl/N-ethyl adjacent to an activating group) is 1. The second-order valence-electron chi connectivity index (χ2n) is 6.98. The molecule has 1 saturated carbocycles. The molecule has 21 heavy (non-hydrogen) atoms. The molecule has 118 valence electrons. The van der Waals surface area contributed by atoms with Gasteiger partial charge in [0, 0.05) is 19.1 Å². The standard InChI is InChI=1S/C19H32N2/c1-6-9-20-18(13-21(5)12-17-7-8-17)19-15(3)10-14(2)11-16(19)4/h10-11,17-18,20H,6-9,12-13H2,1-5H3. The molecule has 1 aliphatic rings. The van der Waals surface area contributed by atoms with E-state index >= 15 is 0 Å². The lowest BCUT2D eigenvalue weighted by molar-refractivity contribution is 0.279. The van der Waals surface area contributed by atoms with Crippen LogP contribution < -0.4 is 5.32 Å². The molecule has 0 radical (unpaired) electrons. The zero-order valence-corrected chi connectivity index (χ0v) is 14.5. The van der Waals surface area contributed by atoms with Gasteiger partial charge in [-0.05, 0) is 76.2 Å². The smallest absolute Gasteiger partial charge is 0.0454 e. The van der Waals surface area contributed by atoms with Crippen LogP contribution in [0.3, 0.4) is 0 Å². The average Bonchev–Trinajstić information content (AvgIpc) is 3.18. The SMILES string of the molecule is CCCNC(CN(C)CC1CC1)c1c(C)cc(C)cc1C. The van der Waals surface area contributed by atoms with Crippen LogP contribution in [-0.2, 0) is 0 Å². The van der Waals surface area contributed by atoms with Crippen LogP contribution in [0.5, 0.6) is 0 Å². The molecule has 1 aliphatic carbocycles. The molecule has 1 atom stereocenters. The molecule has 1 fully saturated rings. The van der Waals surface area contributed by atoms with E-state index in [-0.39, 0.29) is 0 Å². The topological polar surface area (TPSA) is 15.3 Å². The number of nitrogens with zero attached hydrogens (tertiary/aromatic N) is 1. The lowest BCUT2D eigenvalue weighted by Crippen LogP contribution is -2.35. The van der Waals surface area contributed by atoms with E-state index in [0.717, 1.165) is 19.0 Å². The summed E-state index contributed by atoms with van der Waals surface area (Å²) in [5.41, 5.74) is 5.74. The maximum Gasteiger partial charge on any atom is 0.0454 e. The van der Waals surface area contributed by atoms with E-state index in [4.69, 9.17) is 0 Å². The van der Waals surface area contributed by atoms with E-state index in [1.165, 1.54) is 48.1 Å². The van der Waals surface area contributed by atoms with E-state index in [9.17, 15) is 0 Å². The highest BCUT2D eigenvalue weighted by Crippen LogP contribution is 2.30. The van der Waals surface area contributed by atoms with Crippen LogP contribution >= 0.6 is 0 Å². The van der Waals surface area contributed by atoms with Gasteiger partial charge in [-0.1, -0.05) is 24.6 Å². The van der Waals surface area contributed by atoms with Crippen LogP contribution in [0, 0.1) is 26.7 Å². The van der Waals surface area contributed by atoms with Crippen LogP contribution in [0.25, 0.3) is 0 Å². The first-order valence-corrected chi connectivity index (χ1v) is 8.51. The van der Waals surface area contributed by atoms with Crippen molar-refractivity contribution in [2.75, 3.05) is 26.7 Å². The number of nitrogens with one attached hydrogen (secondary N) is 1. The minimum absolute atomic E-state index is 0.453. The monoisotopic (exact) mass is 288 g/mol. The lowest BCUT2D eigenvalue weighted by Gasteiger charge is -2.28. The van der Waals surface area contributed by atoms with Gasteiger partial charge in [0.25, 0.3) is 0 Å². The summed E-state index contributed by atoms with van der Waals surface area (Å²) in [6.45, 7) is 12.4. The summed E-state index contributed by atoms with van der Waals surface area (Å²) in [5, 5.41) is 3.77. The van der Waals surface area contributed by atoms with Gasteiger partial charge in [0.15, 0.2) is 0 Å². The molecule has 0 bridgehead atoms. The molecular formula is C19H32N2. The Morgan fingerprint density at radius 2 is 1.81 bits per heavy atom. The van der Waals surface area contributed by atoms with E-state index in [0.29, 0.717) is 6.04 Å². The minimum Gasteiger partial charge on any atom is -0.309 e. The first-order valence-electron chi connectivity index (χ1n) is 8.51. The summed E-state index contributed by atoms with van der Waals surface area (Å²) in [6, 6.07) is 5.10. The minimum atomic E-state index is 0.453. The molecular weight excluding hydrogens is 256 g/mol. The van der Waals surface area contributed by atoms with Gasteiger partial charge < -0.3 is 10.2 Å². The molecule has 0 spiro atoms. The molecule has 2 rings (SSSR count). The second-order valence-corrected chi connectivity index (χ2v) is 6.98. The van der Waals surface area contributed by atoms with E-state index in [1.54, 1.807) is 0 Å². The molecule has 1 N–H and O–H groups in total. The highest BCUT2D eigenvalue weighted by atomic mass is 15.1. The normalized spacial score (nSPS) is 16.5. The van der Waals surface area contributed by atoms with Gasteiger partial charge >= 0.3 is 0 Å². The third-order valence-corrected chi connectivity index (χ3v) is 4.49. The zero-order chi connectivity index (χ0) is 15.4. The fraction of sp³-hybridized carbons (Fsp3) is 0.684. The number of benzene rings is 1. The Labute approximate surface area is 130 Å². The zero-order valence-electron chi connectivity index (χ0n) is 14.5. The Morgan fingerprint density at radius 1 is 1.19 bits per heavy atom. The number of aryl methyl sites for hydroxylation is 3. The number of rotatable bonds is 8. The van der Waals surface area contributed by atoms with Gasteiger partial charge in [-0.25, -0.2) is 0 Å². The van der Waals surface area contributed by atoms with Crippen LogP contribution in [-0.4, -0.2) is 31.6 Å². The Balaban J connectivity index is 2.13. The van der Waals surface area contributed by atoms with Crippen molar-refractivity contribution in [1.82, 2.24) is 10.2 Å². The Bertz CT molecular complexity index is 440. The fourth-order valence-electron chi connectivity index (χ4n) is 3.44. The molecule has 2 heteroatoms. The molecule has 0 saturated heterocycles. The van der Waals surface area contributed by atoms with Gasteiger partial charge in [-0.15, -0.1) is 0 Å². The summed E-state index contributed by atoms with van der Waals surface area (Å²) in [4.78, 5) is 2.52. The van der Waals surface area contributed by atoms with Crippen molar-refractivity contribution in [3.63, 3.8) is 0 Å². The van der Waals surface area contributed by atoms with Crippen LogP contribution in [0.15, 0.2) is 12.1 Å². The van der Waals surface area contributed by atoms with Crippen molar-refractivity contribution in [3.8, 4) is 0 Å². The van der Waals surface area contributed by atoms with Crippen molar-refractivity contribution >= 4 is 0 Å². The average molecular weight is 288 g/mol. The third kappa shape index (κ3) is 4.82. The predicted octanol–water partition coefficient (Wildman–Crippen LogP) is 3.99. The Hall–Kier alpha value is -0.860. The largest absolute Gasteiger partial charge is 0.309 e. The maximum atomic E-state index is 3.77. The number of hydrogen-bond donors (Lipinski definition) is 1. The summed E-state index contributed by atoms with van der Waals surface area (Å²) in [7, 11) is 2.28. The van der Waals surface area contributed by atoms with Gasteiger partial charge in [-0.2, -0.15) is 0 Å². The Morgan fingerprint density at radius 3 is 2.33 bits per heavy atom. The predicted molar refractivity (Wildman–Crippen MR) is 91.9 cm³/mol. The molecule has 0 amide bonds. The summed E-state index contributed by atoms with van der Waals surface area (Å²) in [6.07, 6.45) is 4.05. The highest BCUT2D eigenvalue weighted by molar-refractivity contribution is 5.39. The van der Waals surface area contributed by atoms with Gasteiger partial charge in [-0.3, -0.25) is 0 Å². The van der Waals surface area contributed by atoms with Gasteiger partial charge in [0.1, 0.15) is 0 Å². The molecule has 2 nitrogen and oxygen atoms in total. The van der Waals surface area contributed by atoms with Crippen molar-refractivity contribution in [3.05, 3.63) is 34.4 Å². The first kappa shape index (κ1) is 16.5. The molecule has 1 aromatic rings. The van der Waals surface area contributed by atoms with Crippen LogP contribution in [0.1, 0.15) is 54.5 Å². The molecule has 1 aromatic carbocycles. The lowest BCUT2D eigenvalue weighted by atomic mass is 9.93. The maximum absolute atomic E-state index is 3.77. The summed E-state index contributed by atoms with van der Waals surface area (Å²) >= 11 is 0. The van der Waals surface area contributed by atoms with Crippen molar-refractivity contribution in [2.45, 2.75) is 53.0 Å². The molecule has 0 heterocycles. The first-order chi connectivity index (χ1) is 10.0. The van der Waals surface area contributed by atoms with E-state index in [2.05, 4.69) is 57.1 Å². The van der Waals surface area contributed by atoms with Crippen molar-refractivity contribution < 1.29 is 0 Å². The second kappa shape index (κ2) is 7.42. The summed E-state index contributed by atoms with van der Waals surface area (Å²) < 4.78 is 0. The van der Waals surface area contributed by atoms with Crippen molar-refractivity contribution in [2.24, 2.45) is 5.92 Å². The van der Waals surface area contributed by atoms with Gasteiger partial charge in [0.05, 0.1) is 0 Å². The summed E-state index contributed by atoms with van der Waals surface area (Å²) in [5.74, 6) is 0.960. The van der Waals surface area contributed by atoms with Gasteiger partial charge in [0.2, 0.25) is 0 Å². The van der Waals surface area contributed by atoms with Crippen molar-refractivity contribution in [1.29, 1.82) is 0 Å². The molecule has 0 aromatic heterocycles. The Kier molecular flexibility index (Phi) is 5.83. The molecule has 0 aliphatic heterocycles. The van der Waals surface area contributed by atoms with E-state index < -0.39 is 0 Å². The molecule has 1 unspecified atom stereocenters.